The fourth-order valence-corrected chi connectivity index (χ4v) is 2.77. The molecule has 0 spiro atoms. The van der Waals surface area contributed by atoms with Crippen LogP contribution >= 0.6 is 11.6 Å². The van der Waals surface area contributed by atoms with E-state index in [0.29, 0.717) is 33.1 Å². The Labute approximate surface area is 154 Å². The number of methoxy groups -OCH3 is 2. The van der Waals surface area contributed by atoms with Crippen molar-refractivity contribution < 1.29 is 14.3 Å². The van der Waals surface area contributed by atoms with Crippen molar-refractivity contribution in [3.63, 3.8) is 0 Å². The maximum absolute atomic E-state index is 12.6. The topological polar surface area (TPSA) is 82.5 Å². The number of amides is 1. The monoisotopic (exact) mass is 373 g/mol. The van der Waals surface area contributed by atoms with Crippen LogP contribution in [0.5, 0.6) is 11.5 Å². The van der Waals surface area contributed by atoms with Crippen molar-refractivity contribution in [1.82, 2.24) is 9.78 Å². The number of ether oxygens (including phenoxy) is 2. The van der Waals surface area contributed by atoms with E-state index < -0.39 is 11.3 Å². The van der Waals surface area contributed by atoms with E-state index in [1.165, 1.54) is 25.0 Å². The zero-order chi connectivity index (χ0) is 18.8. The van der Waals surface area contributed by atoms with E-state index in [9.17, 15) is 9.59 Å². The van der Waals surface area contributed by atoms with E-state index in [1.807, 2.05) is 0 Å². The molecule has 1 amide bonds. The molecule has 1 aromatic heterocycles. The summed E-state index contributed by atoms with van der Waals surface area (Å²) in [6, 6.07) is 9.76. The van der Waals surface area contributed by atoms with Gasteiger partial charge in [-0.25, -0.2) is 0 Å². The number of carbonyl (C=O) groups excluding carboxylic acids is 1. The maximum atomic E-state index is 12.6. The third-order valence-corrected chi connectivity index (χ3v) is 4.11. The Morgan fingerprint density at radius 1 is 1.12 bits per heavy atom. The van der Waals surface area contributed by atoms with Gasteiger partial charge in [-0.3, -0.25) is 14.3 Å². The highest BCUT2D eigenvalue weighted by molar-refractivity contribution is 6.31. The summed E-state index contributed by atoms with van der Waals surface area (Å²) in [6.07, 6.45) is 0. The van der Waals surface area contributed by atoms with Crippen molar-refractivity contribution >= 4 is 34.1 Å². The summed E-state index contributed by atoms with van der Waals surface area (Å²) in [6.45, 7) is 0. The number of nitrogens with one attached hydrogen (secondary N) is 1. The number of hydrogen-bond acceptors (Lipinski definition) is 5. The zero-order valence-corrected chi connectivity index (χ0v) is 15.1. The second-order valence-corrected chi connectivity index (χ2v) is 5.92. The lowest BCUT2D eigenvalue weighted by Gasteiger charge is -2.11. The number of fused-ring (bicyclic) bond motifs is 1. The molecule has 0 aliphatic carbocycles. The average molecular weight is 374 g/mol. The molecule has 3 aromatic rings. The maximum Gasteiger partial charge on any atom is 0.280 e. The summed E-state index contributed by atoms with van der Waals surface area (Å²) in [4.78, 5) is 25.2. The Balaban J connectivity index is 2.01. The summed E-state index contributed by atoms with van der Waals surface area (Å²) >= 11 is 5.97. The first-order chi connectivity index (χ1) is 12.4. The predicted octanol–water partition coefficient (Wildman–Crippen LogP) is 2.86. The van der Waals surface area contributed by atoms with Gasteiger partial charge in [-0.15, -0.1) is 0 Å². The fraction of sp³-hybridized carbons (Fsp3) is 0.167. The van der Waals surface area contributed by atoms with E-state index in [4.69, 9.17) is 21.1 Å². The molecule has 0 bridgehead atoms. The van der Waals surface area contributed by atoms with Gasteiger partial charge >= 0.3 is 0 Å². The van der Waals surface area contributed by atoms with Gasteiger partial charge in [0.1, 0.15) is 0 Å². The molecule has 0 unspecified atom stereocenters. The zero-order valence-electron chi connectivity index (χ0n) is 14.4. The number of nitrogens with zero attached hydrogens (tertiary/aromatic N) is 2. The fourth-order valence-electron chi connectivity index (χ4n) is 2.60. The summed E-state index contributed by atoms with van der Waals surface area (Å²) in [5.74, 6) is 0.357. The van der Waals surface area contributed by atoms with Gasteiger partial charge in [0, 0.05) is 23.8 Å². The Bertz CT molecular complexity index is 1060. The van der Waals surface area contributed by atoms with E-state index in [0.717, 1.165) is 0 Å². The molecule has 0 atom stereocenters. The molecule has 1 N–H and O–H groups in total. The van der Waals surface area contributed by atoms with E-state index >= 15 is 0 Å². The first-order valence-corrected chi connectivity index (χ1v) is 8.02. The number of aryl methyl sites for hydroxylation is 1. The van der Waals surface area contributed by atoms with Gasteiger partial charge in [0.15, 0.2) is 17.2 Å². The standard InChI is InChI=1S/C18H16ClN3O4/c1-22-13-6-4-10(19)8-12(13)17(23)16(21-22)18(24)20-11-5-7-14(25-2)15(9-11)26-3/h4-9H,1-3H3,(H,20,24). The Morgan fingerprint density at radius 3 is 2.54 bits per heavy atom. The summed E-state index contributed by atoms with van der Waals surface area (Å²) in [5, 5.41) is 7.48. The molecule has 0 radical (unpaired) electrons. The number of hydrogen-bond donors (Lipinski definition) is 1. The Morgan fingerprint density at radius 2 is 1.85 bits per heavy atom. The lowest BCUT2D eigenvalue weighted by molar-refractivity contribution is 0.101. The number of carbonyl (C=O) groups is 1. The minimum Gasteiger partial charge on any atom is -0.493 e. The molecule has 1 heterocycles. The summed E-state index contributed by atoms with van der Waals surface area (Å²) in [5.41, 5.74) is 0.320. The van der Waals surface area contributed by atoms with Crippen LogP contribution in [0.3, 0.4) is 0 Å². The highest BCUT2D eigenvalue weighted by Gasteiger charge is 2.17. The van der Waals surface area contributed by atoms with Crippen molar-refractivity contribution in [1.29, 1.82) is 0 Å². The molecule has 0 fully saturated rings. The van der Waals surface area contributed by atoms with Gasteiger partial charge in [0.2, 0.25) is 5.43 Å². The van der Waals surface area contributed by atoms with Crippen LogP contribution in [0.1, 0.15) is 10.5 Å². The lowest BCUT2D eigenvalue weighted by atomic mass is 10.2. The number of rotatable bonds is 4. The van der Waals surface area contributed by atoms with Crippen LogP contribution in [0, 0.1) is 0 Å². The highest BCUT2D eigenvalue weighted by atomic mass is 35.5. The molecule has 2 aromatic carbocycles. The molecular formula is C18H16ClN3O4. The van der Waals surface area contributed by atoms with Crippen LogP contribution in [0.2, 0.25) is 5.02 Å². The number of aromatic nitrogens is 2. The number of anilines is 1. The van der Waals surface area contributed by atoms with Crippen molar-refractivity contribution in [3.8, 4) is 11.5 Å². The smallest absolute Gasteiger partial charge is 0.280 e. The third kappa shape index (κ3) is 3.21. The number of halogens is 1. The van der Waals surface area contributed by atoms with Crippen molar-refractivity contribution in [2.24, 2.45) is 7.05 Å². The van der Waals surface area contributed by atoms with Gasteiger partial charge in [-0.05, 0) is 30.3 Å². The van der Waals surface area contributed by atoms with E-state index in [1.54, 1.807) is 37.4 Å². The van der Waals surface area contributed by atoms with Crippen molar-refractivity contribution in [2.45, 2.75) is 0 Å². The third-order valence-electron chi connectivity index (χ3n) is 3.87. The van der Waals surface area contributed by atoms with Crippen LogP contribution in [0.25, 0.3) is 10.9 Å². The predicted molar refractivity (Wildman–Crippen MR) is 99.5 cm³/mol. The van der Waals surface area contributed by atoms with Crippen LogP contribution in [-0.2, 0) is 7.05 Å². The summed E-state index contributed by atoms with van der Waals surface area (Å²) < 4.78 is 11.8. The Kier molecular flexibility index (Phi) is 4.81. The van der Waals surface area contributed by atoms with Crippen molar-refractivity contribution in [2.75, 3.05) is 19.5 Å². The Hall–Kier alpha value is -3.06. The first kappa shape index (κ1) is 17.8. The lowest BCUT2D eigenvalue weighted by Crippen LogP contribution is -2.26. The molecule has 7 nitrogen and oxygen atoms in total. The molecule has 26 heavy (non-hydrogen) atoms. The minimum absolute atomic E-state index is 0.225. The molecule has 0 aliphatic rings. The highest BCUT2D eigenvalue weighted by Crippen LogP contribution is 2.29. The van der Waals surface area contributed by atoms with Crippen LogP contribution in [0.4, 0.5) is 5.69 Å². The molecule has 0 aliphatic heterocycles. The van der Waals surface area contributed by atoms with Gasteiger partial charge in [0.05, 0.1) is 25.1 Å². The first-order valence-electron chi connectivity index (χ1n) is 7.64. The quantitative estimate of drug-likeness (QED) is 0.760. The second-order valence-electron chi connectivity index (χ2n) is 5.49. The summed E-state index contributed by atoms with van der Waals surface area (Å²) in [7, 11) is 4.67. The molecule has 8 heteroatoms. The average Bonchev–Trinajstić information content (AvgIpc) is 2.64. The van der Waals surface area contributed by atoms with Gasteiger partial charge in [0.25, 0.3) is 5.91 Å². The molecule has 0 saturated carbocycles. The van der Waals surface area contributed by atoms with Crippen molar-refractivity contribution in [3.05, 3.63) is 57.3 Å². The van der Waals surface area contributed by atoms with Gasteiger partial charge in [-0.1, -0.05) is 11.6 Å². The van der Waals surface area contributed by atoms with Crippen LogP contribution in [0.15, 0.2) is 41.2 Å². The second kappa shape index (κ2) is 7.05. The molecule has 3 rings (SSSR count). The normalized spacial score (nSPS) is 10.6. The largest absolute Gasteiger partial charge is 0.493 e. The molecule has 134 valence electrons. The van der Waals surface area contributed by atoms with Crippen LogP contribution in [-0.4, -0.2) is 29.9 Å². The molecule has 0 saturated heterocycles. The van der Waals surface area contributed by atoms with E-state index in [-0.39, 0.29) is 5.69 Å². The minimum atomic E-state index is -0.625. The number of benzene rings is 2. The van der Waals surface area contributed by atoms with Crippen LogP contribution < -0.4 is 20.2 Å². The van der Waals surface area contributed by atoms with Gasteiger partial charge < -0.3 is 14.8 Å². The van der Waals surface area contributed by atoms with Gasteiger partial charge in [-0.2, -0.15) is 5.10 Å². The SMILES string of the molecule is COc1ccc(NC(=O)c2nn(C)c3ccc(Cl)cc3c2=O)cc1OC. The van der Waals surface area contributed by atoms with E-state index in [2.05, 4.69) is 10.4 Å². The molecular weight excluding hydrogens is 358 g/mol.